The topological polar surface area (TPSA) is 96.1 Å². The van der Waals surface area contributed by atoms with E-state index in [1.165, 1.54) is 24.4 Å². The summed E-state index contributed by atoms with van der Waals surface area (Å²) in [6.07, 6.45) is 1.28. The molecule has 0 fully saturated rings. The minimum absolute atomic E-state index is 0.0540. The van der Waals surface area contributed by atoms with Gasteiger partial charge in [-0.3, -0.25) is 0 Å². The molecule has 0 saturated heterocycles. The summed E-state index contributed by atoms with van der Waals surface area (Å²) in [5.74, 6) is -2.63. The Morgan fingerprint density at radius 3 is 2.89 bits per heavy atom. The molecule has 0 aliphatic heterocycles. The number of hydrogen-bond donors (Lipinski definition) is 1. The Hall–Kier alpha value is -3.01. The molecule has 0 radical (unpaired) electrons. The molecule has 19 heavy (non-hydrogen) atoms. The van der Waals surface area contributed by atoms with Crippen molar-refractivity contribution in [3.63, 3.8) is 0 Å². The van der Waals surface area contributed by atoms with Gasteiger partial charge in [0.25, 0.3) is 0 Å². The maximum Gasteiger partial charge on any atom is 0.342 e. The molecule has 0 bridgehead atoms. The number of carboxylic acid groups (broad SMARTS) is 1. The van der Waals surface area contributed by atoms with Crippen molar-refractivity contribution in [2.24, 2.45) is 0 Å². The highest BCUT2D eigenvalue weighted by molar-refractivity contribution is 5.91. The van der Waals surface area contributed by atoms with Gasteiger partial charge in [-0.2, -0.15) is 10.2 Å². The molecule has 6 nitrogen and oxygen atoms in total. The summed E-state index contributed by atoms with van der Waals surface area (Å²) in [6.45, 7) is 0. The highest BCUT2D eigenvalue weighted by atomic mass is 19.1. The lowest BCUT2D eigenvalue weighted by atomic mass is 10.2. The van der Waals surface area contributed by atoms with Crippen molar-refractivity contribution in [2.75, 3.05) is 0 Å². The first-order chi connectivity index (χ1) is 9.11. The van der Waals surface area contributed by atoms with Gasteiger partial charge in [0.15, 0.2) is 0 Å². The zero-order valence-electron chi connectivity index (χ0n) is 9.37. The van der Waals surface area contributed by atoms with Gasteiger partial charge in [0.05, 0.1) is 0 Å². The van der Waals surface area contributed by atoms with Gasteiger partial charge in [-0.25, -0.2) is 14.2 Å². The van der Waals surface area contributed by atoms with Crippen molar-refractivity contribution in [2.45, 2.75) is 0 Å². The largest absolute Gasteiger partial charge is 0.477 e. The number of carbonyl (C=O) groups is 1. The van der Waals surface area contributed by atoms with Gasteiger partial charge in [0, 0.05) is 6.20 Å². The van der Waals surface area contributed by atoms with Crippen LogP contribution in [0.4, 0.5) is 4.39 Å². The van der Waals surface area contributed by atoms with E-state index < -0.39 is 17.3 Å². The van der Waals surface area contributed by atoms with Crippen LogP contribution in [0, 0.1) is 17.1 Å². The number of nitrogens with zero attached hydrogens (tertiary/aromatic N) is 3. The Labute approximate surface area is 106 Å². The molecule has 1 N–H and O–H groups in total. The van der Waals surface area contributed by atoms with Crippen LogP contribution in [0.5, 0.6) is 11.8 Å². The monoisotopic (exact) mass is 259 g/mol. The van der Waals surface area contributed by atoms with Crippen molar-refractivity contribution >= 4 is 5.97 Å². The molecular formula is C12H6FN3O3. The summed E-state index contributed by atoms with van der Waals surface area (Å²) in [7, 11) is 0. The maximum atomic E-state index is 13.4. The number of hydrogen-bond acceptors (Lipinski definition) is 5. The Morgan fingerprint density at radius 2 is 2.21 bits per heavy atom. The molecule has 0 saturated carbocycles. The molecule has 1 aromatic carbocycles. The second-order valence-corrected chi connectivity index (χ2v) is 3.36. The number of halogens is 1. The minimum atomic E-state index is -1.47. The van der Waals surface area contributed by atoms with Crippen LogP contribution in [0.15, 0.2) is 30.5 Å². The molecule has 94 valence electrons. The zero-order chi connectivity index (χ0) is 13.8. The third-order valence-electron chi connectivity index (χ3n) is 2.14. The van der Waals surface area contributed by atoms with Crippen LogP contribution in [0.3, 0.4) is 0 Å². The van der Waals surface area contributed by atoms with E-state index in [0.717, 1.165) is 6.07 Å². The lowest BCUT2D eigenvalue weighted by molar-refractivity contribution is 0.0689. The molecular weight excluding hydrogens is 253 g/mol. The molecule has 0 aliphatic carbocycles. The number of aromatic carboxylic acids is 1. The van der Waals surface area contributed by atoms with Crippen LogP contribution in [0.25, 0.3) is 0 Å². The van der Waals surface area contributed by atoms with Gasteiger partial charge in [0.1, 0.15) is 28.9 Å². The fourth-order valence-corrected chi connectivity index (χ4v) is 1.35. The fraction of sp³-hybridized carbons (Fsp3) is 0. The van der Waals surface area contributed by atoms with E-state index in [0.29, 0.717) is 0 Å². The molecule has 0 amide bonds. The summed E-state index contributed by atoms with van der Waals surface area (Å²) >= 11 is 0. The Morgan fingerprint density at radius 1 is 1.42 bits per heavy atom. The quantitative estimate of drug-likeness (QED) is 0.905. The van der Waals surface area contributed by atoms with E-state index in [1.54, 1.807) is 6.07 Å². The third kappa shape index (κ3) is 2.63. The first-order valence-corrected chi connectivity index (χ1v) is 5.04. The van der Waals surface area contributed by atoms with Crippen molar-refractivity contribution in [3.8, 4) is 17.8 Å². The van der Waals surface area contributed by atoms with Crippen LogP contribution in [0.2, 0.25) is 0 Å². The van der Waals surface area contributed by atoms with Gasteiger partial charge in [-0.1, -0.05) is 6.07 Å². The Bertz CT molecular complexity index is 682. The summed E-state index contributed by atoms with van der Waals surface area (Å²) in [6, 6.07) is 6.48. The Balaban J connectivity index is 2.41. The smallest absolute Gasteiger partial charge is 0.342 e. The van der Waals surface area contributed by atoms with Crippen molar-refractivity contribution in [1.82, 2.24) is 9.97 Å². The van der Waals surface area contributed by atoms with Gasteiger partial charge >= 0.3 is 12.0 Å². The van der Waals surface area contributed by atoms with Gasteiger partial charge in [-0.05, 0) is 18.2 Å². The van der Waals surface area contributed by atoms with Gasteiger partial charge < -0.3 is 9.84 Å². The van der Waals surface area contributed by atoms with E-state index in [-0.39, 0.29) is 17.5 Å². The molecule has 0 unspecified atom stereocenters. The number of carboxylic acids is 1. The van der Waals surface area contributed by atoms with Crippen molar-refractivity contribution < 1.29 is 19.0 Å². The van der Waals surface area contributed by atoms with Crippen molar-refractivity contribution in [1.29, 1.82) is 5.26 Å². The molecule has 2 aromatic rings. The summed E-state index contributed by atoms with van der Waals surface area (Å²) in [5, 5.41) is 17.6. The lowest BCUT2D eigenvalue weighted by Crippen LogP contribution is -2.04. The molecule has 2 rings (SSSR count). The van der Waals surface area contributed by atoms with Crippen LogP contribution >= 0.6 is 0 Å². The van der Waals surface area contributed by atoms with E-state index in [9.17, 15) is 9.18 Å². The number of aromatic nitrogens is 2. The zero-order valence-corrected chi connectivity index (χ0v) is 9.37. The Kier molecular flexibility index (Phi) is 3.34. The number of benzene rings is 1. The van der Waals surface area contributed by atoms with E-state index in [2.05, 4.69) is 9.97 Å². The normalized spacial score (nSPS) is 9.68. The second kappa shape index (κ2) is 5.10. The summed E-state index contributed by atoms with van der Waals surface area (Å²) in [5.41, 5.74) is -0.563. The van der Waals surface area contributed by atoms with E-state index >= 15 is 0 Å². The van der Waals surface area contributed by atoms with Crippen LogP contribution < -0.4 is 4.74 Å². The highest BCUT2D eigenvalue weighted by Gasteiger charge is 2.18. The second-order valence-electron chi connectivity index (χ2n) is 3.36. The fourth-order valence-electron chi connectivity index (χ4n) is 1.35. The molecule has 1 aromatic heterocycles. The predicted molar refractivity (Wildman–Crippen MR) is 60.2 cm³/mol. The van der Waals surface area contributed by atoms with Gasteiger partial charge in [0.2, 0.25) is 0 Å². The van der Waals surface area contributed by atoms with Crippen LogP contribution in [-0.2, 0) is 0 Å². The molecule has 7 heteroatoms. The first kappa shape index (κ1) is 12.4. The number of rotatable bonds is 3. The van der Waals surface area contributed by atoms with Crippen LogP contribution in [0.1, 0.15) is 16.1 Å². The van der Waals surface area contributed by atoms with E-state index in [1.807, 2.05) is 0 Å². The average molecular weight is 259 g/mol. The molecule has 0 spiro atoms. The summed E-state index contributed by atoms with van der Waals surface area (Å²) < 4.78 is 18.5. The standard InChI is InChI=1S/C12H6FN3O3/c13-8-2-1-3-9(10(8)11(17)18)19-12-15-5-4-7(6-14)16-12/h1-5H,(H,17,18). The SMILES string of the molecule is N#Cc1ccnc(Oc2cccc(F)c2C(=O)O)n1. The average Bonchev–Trinajstić information content (AvgIpc) is 2.38. The lowest BCUT2D eigenvalue weighted by Gasteiger charge is -2.07. The van der Waals surface area contributed by atoms with Gasteiger partial charge in [-0.15, -0.1) is 0 Å². The molecule has 0 aliphatic rings. The van der Waals surface area contributed by atoms with Crippen LogP contribution in [-0.4, -0.2) is 21.0 Å². The molecule has 1 heterocycles. The minimum Gasteiger partial charge on any atom is -0.477 e. The number of nitriles is 1. The summed E-state index contributed by atoms with van der Waals surface area (Å²) in [4.78, 5) is 18.4. The van der Waals surface area contributed by atoms with Crippen molar-refractivity contribution in [3.05, 3.63) is 47.5 Å². The molecule has 0 atom stereocenters. The highest BCUT2D eigenvalue weighted by Crippen LogP contribution is 2.25. The first-order valence-electron chi connectivity index (χ1n) is 5.04. The third-order valence-corrected chi connectivity index (χ3v) is 2.14. The maximum absolute atomic E-state index is 13.4. The predicted octanol–water partition coefficient (Wildman–Crippen LogP) is 1.98. The number of ether oxygens (including phenoxy) is 1. The van der Waals surface area contributed by atoms with E-state index in [4.69, 9.17) is 15.1 Å².